The minimum absolute atomic E-state index is 0.0916. The Kier molecular flexibility index (Phi) is 6.27. The lowest BCUT2D eigenvalue weighted by Gasteiger charge is -2.06. The molecule has 0 aromatic heterocycles. The predicted octanol–water partition coefficient (Wildman–Crippen LogP) is 0.969. The maximum atomic E-state index is 11.9. The Morgan fingerprint density at radius 2 is 1.89 bits per heavy atom. The minimum atomic E-state index is -3.39. The molecule has 0 saturated carbocycles. The van der Waals surface area contributed by atoms with Gasteiger partial charge in [-0.25, -0.2) is 8.42 Å². The van der Waals surface area contributed by atoms with Gasteiger partial charge in [0, 0.05) is 18.0 Å². The first kappa shape index (κ1) is 15.9. The topological polar surface area (TPSA) is 89.3 Å². The number of halogens is 1. The van der Waals surface area contributed by atoms with E-state index in [1.54, 1.807) is 0 Å². The van der Waals surface area contributed by atoms with Crippen LogP contribution in [0.4, 0.5) is 0 Å². The van der Waals surface area contributed by atoms with E-state index in [-0.39, 0.29) is 23.1 Å². The standard InChI is InChI=1S/C12H17ClN2O3S/c13-10-3-5-11(6-4-10)19(17,18)9-8-15-12(16)2-1-7-14/h3-6H,1-2,7-9,14H2,(H,15,16). The van der Waals surface area contributed by atoms with E-state index in [0.29, 0.717) is 24.4 Å². The predicted molar refractivity (Wildman–Crippen MR) is 74.8 cm³/mol. The van der Waals surface area contributed by atoms with Gasteiger partial charge in [-0.3, -0.25) is 4.79 Å². The van der Waals surface area contributed by atoms with Crippen LogP contribution in [0.5, 0.6) is 0 Å². The summed E-state index contributed by atoms with van der Waals surface area (Å²) in [4.78, 5) is 11.5. The smallest absolute Gasteiger partial charge is 0.220 e. The normalized spacial score (nSPS) is 11.3. The molecule has 5 nitrogen and oxygen atoms in total. The molecule has 19 heavy (non-hydrogen) atoms. The summed E-state index contributed by atoms with van der Waals surface area (Å²) in [5.74, 6) is -0.319. The van der Waals surface area contributed by atoms with Crippen LogP contribution >= 0.6 is 11.6 Å². The third-order valence-corrected chi connectivity index (χ3v) is 4.46. The maximum Gasteiger partial charge on any atom is 0.220 e. The first-order valence-electron chi connectivity index (χ1n) is 5.91. The Balaban J connectivity index is 2.47. The second kappa shape index (κ2) is 7.47. The Labute approximate surface area is 118 Å². The molecule has 0 atom stereocenters. The summed E-state index contributed by atoms with van der Waals surface area (Å²) < 4.78 is 23.8. The molecule has 0 aliphatic rings. The van der Waals surface area contributed by atoms with E-state index >= 15 is 0 Å². The molecule has 0 unspecified atom stereocenters. The molecule has 0 bridgehead atoms. The van der Waals surface area contributed by atoms with Crippen LogP contribution in [0.25, 0.3) is 0 Å². The third-order valence-electron chi connectivity index (χ3n) is 2.47. The highest BCUT2D eigenvalue weighted by Crippen LogP contribution is 2.15. The number of hydrogen-bond donors (Lipinski definition) is 2. The van der Waals surface area contributed by atoms with Crippen molar-refractivity contribution < 1.29 is 13.2 Å². The minimum Gasteiger partial charge on any atom is -0.355 e. The van der Waals surface area contributed by atoms with E-state index in [2.05, 4.69) is 5.32 Å². The monoisotopic (exact) mass is 304 g/mol. The SMILES string of the molecule is NCCCC(=O)NCCS(=O)(=O)c1ccc(Cl)cc1. The fraction of sp³-hybridized carbons (Fsp3) is 0.417. The van der Waals surface area contributed by atoms with Crippen LogP contribution in [0, 0.1) is 0 Å². The number of rotatable bonds is 7. The number of hydrogen-bond acceptors (Lipinski definition) is 4. The molecule has 0 aliphatic carbocycles. The van der Waals surface area contributed by atoms with Crippen molar-refractivity contribution in [1.82, 2.24) is 5.32 Å². The first-order valence-corrected chi connectivity index (χ1v) is 7.94. The number of nitrogens with two attached hydrogens (primary N) is 1. The fourth-order valence-corrected chi connectivity index (χ4v) is 2.72. The molecule has 1 aromatic rings. The Morgan fingerprint density at radius 1 is 1.26 bits per heavy atom. The summed E-state index contributed by atoms with van der Waals surface area (Å²) in [6.45, 7) is 0.533. The number of sulfone groups is 1. The number of carbonyl (C=O) groups excluding carboxylic acids is 1. The van der Waals surface area contributed by atoms with Gasteiger partial charge < -0.3 is 11.1 Å². The van der Waals surface area contributed by atoms with E-state index in [0.717, 1.165) is 0 Å². The number of amides is 1. The average Bonchev–Trinajstić information content (AvgIpc) is 2.36. The summed E-state index contributed by atoms with van der Waals surface area (Å²) in [6, 6.07) is 5.95. The van der Waals surface area contributed by atoms with Crippen molar-refractivity contribution in [3.8, 4) is 0 Å². The number of carbonyl (C=O) groups is 1. The molecule has 3 N–H and O–H groups in total. The zero-order valence-electron chi connectivity index (χ0n) is 10.4. The zero-order chi connectivity index (χ0) is 14.3. The van der Waals surface area contributed by atoms with Crippen molar-refractivity contribution in [3.05, 3.63) is 29.3 Å². The lowest BCUT2D eigenvalue weighted by atomic mass is 10.3. The molecule has 0 aliphatic heterocycles. The van der Waals surface area contributed by atoms with Gasteiger partial charge in [0.15, 0.2) is 9.84 Å². The molecule has 1 rings (SSSR count). The molecular formula is C12H17ClN2O3S. The summed E-state index contributed by atoms with van der Waals surface area (Å²) in [7, 11) is -3.39. The lowest BCUT2D eigenvalue weighted by molar-refractivity contribution is -0.121. The second-order valence-corrected chi connectivity index (χ2v) is 6.56. The number of benzene rings is 1. The zero-order valence-corrected chi connectivity index (χ0v) is 12.0. The lowest BCUT2D eigenvalue weighted by Crippen LogP contribution is -2.29. The van der Waals surface area contributed by atoms with E-state index < -0.39 is 9.84 Å². The van der Waals surface area contributed by atoms with Gasteiger partial charge in [-0.05, 0) is 37.2 Å². The molecular weight excluding hydrogens is 288 g/mol. The molecule has 7 heteroatoms. The average molecular weight is 305 g/mol. The third kappa shape index (κ3) is 5.59. The molecule has 0 radical (unpaired) electrons. The Morgan fingerprint density at radius 3 is 2.47 bits per heavy atom. The van der Waals surface area contributed by atoms with Crippen LogP contribution < -0.4 is 11.1 Å². The highest BCUT2D eigenvalue weighted by atomic mass is 35.5. The molecule has 1 amide bonds. The van der Waals surface area contributed by atoms with Crippen molar-refractivity contribution in [1.29, 1.82) is 0 Å². The Bertz CT molecular complexity index is 514. The number of nitrogens with one attached hydrogen (secondary N) is 1. The van der Waals surface area contributed by atoms with Crippen molar-refractivity contribution in [2.24, 2.45) is 5.73 Å². The maximum absolute atomic E-state index is 11.9. The van der Waals surface area contributed by atoms with Crippen LogP contribution in [-0.4, -0.2) is 33.2 Å². The summed E-state index contributed by atoms with van der Waals surface area (Å²) in [5.41, 5.74) is 5.28. The second-order valence-electron chi connectivity index (χ2n) is 4.01. The van der Waals surface area contributed by atoms with E-state index in [1.807, 2.05) is 0 Å². The first-order chi connectivity index (χ1) is 8.95. The molecule has 0 saturated heterocycles. The van der Waals surface area contributed by atoms with Crippen molar-refractivity contribution in [2.75, 3.05) is 18.8 Å². The summed E-state index contributed by atoms with van der Waals surface area (Å²) in [5, 5.41) is 3.04. The summed E-state index contributed by atoms with van der Waals surface area (Å²) in [6.07, 6.45) is 0.910. The van der Waals surface area contributed by atoms with E-state index in [9.17, 15) is 13.2 Å². The van der Waals surface area contributed by atoms with Crippen molar-refractivity contribution >= 4 is 27.3 Å². The van der Waals surface area contributed by atoms with Gasteiger partial charge in [-0.1, -0.05) is 11.6 Å². The molecule has 1 aromatic carbocycles. The van der Waals surface area contributed by atoms with Crippen molar-refractivity contribution in [3.63, 3.8) is 0 Å². The van der Waals surface area contributed by atoms with Crippen LogP contribution in [0.1, 0.15) is 12.8 Å². The highest BCUT2D eigenvalue weighted by Gasteiger charge is 2.14. The van der Waals surface area contributed by atoms with E-state index in [1.165, 1.54) is 24.3 Å². The largest absolute Gasteiger partial charge is 0.355 e. The van der Waals surface area contributed by atoms with Crippen LogP contribution in [0.3, 0.4) is 0 Å². The van der Waals surface area contributed by atoms with Gasteiger partial charge in [-0.2, -0.15) is 0 Å². The molecule has 0 spiro atoms. The van der Waals surface area contributed by atoms with Gasteiger partial charge in [0.2, 0.25) is 5.91 Å². The Hall–Kier alpha value is -1.11. The highest BCUT2D eigenvalue weighted by molar-refractivity contribution is 7.91. The van der Waals surface area contributed by atoms with Gasteiger partial charge in [0.25, 0.3) is 0 Å². The van der Waals surface area contributed by atoms with Gasteiger partial charge in [-0.15, -0.1) is 0 Å². The van der Waals surface area contributed by atoms with Crippen LogP contribution in [0.2, 0.25) is 5.02 Å². The van der Waals surface area contributed by atoms with Gasteiger partial charge in [0.05, 0.1) is 10.6 Å². The van der Waals surface area contributed by atoms with Crippen LogP contribution in [0.15, 0.2) is 29.2 Å². The molecule has 0 heterocycles. The van der Waals surface area contributed by atoms with Gasteiger partial charge >= 0.3 is 0 Å². The quantitative estimate of drug-likeness (QED) is 0.785. The van der Waals surface area contributed by atoms with E-state index in [4.69, 9.17) is 17.3 Å². The molecule has 106 valence electrons. The summed E-state index contributed by atoms with van der Waals surface area (Å²) >= 11 is 5.69. The van der Waals surface area contributed by atoms with Crippen molar-refractivity contribution in [2.45, 2.75) is 17.7 Å². The van der Waals surface area contributed by atoms with Gasteiger partial charge in [0.1, 0.15) is 0 Å². The van der Waals surface area contributed by atoms with Crippen LogP contribution in [-0.2, 0) is 14.6 Å². The molecule has 0 fully saturated rings. The fourth-order valence-electron chi connectivity index (χ4n) is 1.44.